The molecule has 2 unspecified atom stereocenters. The molecule has 4 aromatic rings. The highest BCUT2D eigenvalue weighted by atomic mass is 19.1. The summed E-state index contributed by atoms with van der Waals surface area (Å²) in [7, 11) is 3.47. The summed E-state index contributed by atoms with van der Waals surface area (Å²) in [5, 5.41) is 6.39. The number of nitrogens with zero attached hydrogens (tertiary/aromatic N) is 7. The van der Waals surface area contributed by atoms with Crippen molar-refractivity contribution < 1.29 is 18.7 Å². The largest absolute Gasteiger partial charge is 0.461 e. The fourth-order valence-corrected chi connectivity index (χ4v) is 8.55. The number of hydrogen-bond acceptors (Lipinski definition) is 9. The van der Waals surface area contributed by atoms with Crippen molar-refractivity contribution >= 4 is 28.2 Å². The van der Waals surface area contributed by atoms with Gasteiger partial charge in [-0.05, 0) is 84.8 Å². The molecule has 4 aliphatic rings. The lowest BCUT2D eigenvalue weighted by atomic mass is 9.90. The average Bonchev–Trinajstić information content (AvgIpc) is 3.73. The first-order valence-electron chi connectivity index (χ1n) is 17.7. The molecule has 0 saturated carbocycles. The molecule has 0 spiro atoms. The lowest BCUT2D eigenvalue weighted by Crippen LogP contribution is -2.43. The van der Waals surface area contributed by atoms with E-state index in [4.69, 9.17) is 25.2 Å². The Balaban J connectivity index is 1.17. The predicted molar refractivity (Wildman–Crippen MR) is 190 cm³/mol. The first-order chi connectivity index (χ1) is 24.1. The third-order valence-corrected chi connectivity index (χ3v) is 10.9. The van der Waals surface area contributed by atoms with Crippen LogP contribution in [0.1, 0.15) is 77.3 Å². The van der Waals surface area contributed by atoms with Crippen molar-refractivity contribution in [2.45, 2.75) is 76.8 Å². The molecule has 4 aliphatic heterocycles. The number of carbonyl (C=O) groups is 1. The number of carbonyl (C=O) groups excluding carboxylic acids is 1. The molecule has 0 bridgehead atoms. The van der Waals surface area contributed by atoms with Crippen LogP contribution in [-0.2, 0) is 37.3 Å². The normalized spacial score (nSPS) is 22.0. The summed E-state index contributed by atoms with van der Waals surface area (Å²) in [5.74, 6) is 0.419. The van der Waals surface area contributed by atoms with Crippen LogP contribution in [-0.4, -0.2) is 81.3 Å². The molecule has 2 N–H and O–H groups in total. The zero-order valence-electron chi connectivity index (χ0n) is 29.2. The predicted octanol–water partition coefficient (Wildman–Crippen LogP) is 5.21. The summed E-state index contributed by atoms with van der Waals surface area (Å²) >= 11 is 0. The van der Waals surface area contributed by atoms with E-state index < -0.39 is 0 Å². The second kappa shape index (κ2) is 12.6. The van der Waals surface area contributed by atoms with E-state index in [1.54, 1.807) is 25.1 Å². The second-order valence-corrected chi connectivity index (χ2v) is 14.5. The van der Waals surface area contributed by atoms with Crippen molar-refractivity contribution in [3.63, 3.8) is 0 Å². The zero-order chi connectivity index (χ0) is 34.7. The third-order valence-electron chi connectivity index (χ3n) is 10.9. The molecule has 1 amide bonds. The zero-order valence-corrected chi connectivity index (χ0v) is 29.2. The van der Waals surface area contributed by atoms with Gasteiger partial charge in [-0.25, -0.2) is 4.39 Å². The Morgan fingerprint density at radius 2 is 2.02 bits per heavy atom. The van der Waals surface area contributed by atoms with Crippen LogP contribution in [0.5, 0.6) is 6.01 Å². The highest BCUT2D eigenvalue weighted by Crippen LogP contribution is 2.43. The van der Waals surface area contributed by atoms with Crippen molar-refractivity contribution in [2.75, 3.05) is 51.0 Å². The summed E-state index contributed by atoms with van der Waals surface area (Å²) in [6.45, 7) is 10.9. The highest BCUT2D eigenvalue weighted by molar-refractivity contribution is 5.92. The van der Waals surface area contributed by atoms with Crippen LogP contribution in [0.4, 0.5) is 15.9 Å². The number of nitrogens with two attached hydrogens (primary N) is 1. The lowest BCUT2D eigenvalue weighted by molar-refractivity contribution is 0.0263. The minimum atomic E-state index is -0.386. The quantitative estimate of drug-likeness (QED) is 0.208. The lowest BCUT2D eigenvalue weighted by Gasteiger charge is -2.33. The maximum absolute atomic E-state index is 15.1. The van der Waals surface area contributed by atoms with Crippen LogP contribution < -0.4 is 15.4 Å². The molecule has 50 heavy (non-hydrogen) atoms. The fraction of sp³-hybridized carbons (Fsp3) is 0.474. The van der Waals surface area contributed by atoms with Crippen LogP contribution >= 0.6 is 0 Å². The minimum absolute atomic E-state index is 0.0757. The van der Waals surface area contributed by atoms with Gasteiger partial charge < -0.3 is 25.0 Å². The van der Waals surface area contributed by atoms with Crippen LogP contribution in [0.15, 0.2) is 42.5 Å². The van der Waals surface area contributed by atoms with Crippen molar-refractivity contribution in [3.05, 3.63) is 82.1 Å². The monoisotopic (exact) mass is 680 g/mol. The summed E-state index contributed by atoms with van der Waals surface area (Å²) in [6.07, 6.45) is 4.56. The molecule has 8 rings (SSSR count). The van der Waals surface area contributed by atoms with Gasteiger partial charge in [0.2, 0.25) is 0 Å². The summed E-state index contributed by atoms with van der Waals surface area (Å²) < 4.78 is 30.3. The van der Waals surface area contributed by atoms with Gasteiger partial charge in [-0.3, -0.25) is 14.4 Å². The van der Waals surface area contributed by atoms with Crippen LogP contribution in [0.3, 0.4) is 0 Å². The van der Waals surface area contributed by atoms with E-state index in [1.807, 2.05) is 29.8 Å². The van der Waals surface area contributed by atoms with E-state index >= 15 is 4.39 Å². The Morgan fingerprint density at radius 1 is 1.16 bits per heavy atom. The Labute approximate surface area is 291 Å². The fourth-order valence-electron chi connectivity index (χ4n) is 8.55. The third kappa shape index (κ3) is 5.68. The summed E-state index contributed by atoms with van der Waals surface area (Å²) in [5.41, 5.74) is 12.8. The van der Waals surface area contributed by atoms with Gasteiger partial charge in [-0.15, -0.1) is 0 Å². The maximum atomic E-state index is 15.1. The molecule has 2 fully saturated rings. The van der Waals surface area contributed by atoms with Gasteiger partial charge >= 0.3 is 6.01 Å². The van der Waals surface area contributed by atoms with E-state index in [0.717, 1.165) is 84.4 Å². The van der Waals surface area contributed by atoms with Gasteiger partial charge in [-0.1, -0.05) is 25.1 Å². The first kappa shape index (κ1) is 32.6. The molecule has 2 saturated heterocycles. The number of aryl methyl sites for hydroxylation is 2. The molecule has 2 aromatic heterocycles. The number of aromatic nitrogens is 4. The number of benzene rings is 2. The number of hydrogen-bond donors (Lipinski definition) is 1. The molecular formula is C38H45FN8O3. The molecule has 0 radical (unpaired) electrons. The maximum Gasteiger partial charge on any atom is 0.318 e. The van der Waals surface area contributed by atoms with Gasteiger partial charge in [0.1, 0.15) is 18.2 Å². The number of rotatable bonds is 7. The van der Waals surface area contributed by atoms with E-state index in [2.05, 4.69) is 21.5 Å². The van der Waals surface area contributed by atoms with E-state index in [0.29, 0.717) is 55.5 Å². The SMILES string of the molecule is C=C1CN2CCCC2(COc2nc3c(c(N4CCCn5nc(C(=O)N(C)C)cc5C4)n2)COC(c2cc(N)cc4ccc(F)c(CC)c24)C3)C1. The van der Waals surface area contributed by atoms with Gasteiger partial charge in [0.05, 0.1) is 36.2 Å². The van der Waals surface area contributed by atoms with Gasteiger partial charge in [0.25, 0.3) is 5.91 Å². The van der Waals surface area contributed by atoms with E-state index in [1.165, 1.54) is 11.6 Å². The molecule has 2 aromatic carbocycles. The van der Waals surface area contributed by atoms with E-state index in [9.17, 15) is 4.79 Å². The smallest absolute Gasteiger partial charge is 0.318 e. The number of anilines is 2. The molecule has 6 heterocycles. The molecule has 262 valence electrons. The van der Waals surface area contributed by atoms with Crippen molar-refractivity contribution in [1.29, 1.82) is 0 Å². The van der Waals surface area contributed by atoms with Crippen LogP contribution in [0, 0.1) is 5.82 Å². The Morgan fingerprint density at radius 3 is 2.84 bits per heavy atom. The summed E-state index contributed by atoms with van der Waals surface area (Å²) in [4.78, 5) is 29.2. The van der Waals surface area contributed by atoms with Crippen molar-refractivity contribution in [3.8, 4) is 6.01 Å². The molecule has 11 nitrogen and oxygen atoms in total. The Bertz CT molecular complexity index is 2010. The van der Waals surface area contributed by atoms with Gasteiger partial charge in [-0.2, -0.15) is 15.1 Å². The second-order valence-electron chi connectivity index (χ2n) is 14.5. The number of nitrogen functional groups attached to an aromatic ring is 1. The number of fused-ring (bicyclic) bond motifs is 4. The molecule has 2 atom stereocenters. The summed E-state index contributed by atoms with van der Waals surface area (Å²) in [6, 6.07) is 9.34. The number of halogens is 1. The average molecular weight is 681 g/mol. The topological polar surface area (TPSA) is 115 Å². The standard InChI is InChI=1S/C38H45FN8O3/c1-5-27-30(39)9-8-24-14-25(40)15-28(34(24)27)33-17-31-29(21-49-33)35(42-37(41-31)50-22-38-10-6-12-46(38)19-23(2)18-38)45-11-7-13-47-26(20-45)16-32(43-47)36(48)44(3)4/h8-9,14-16,33H,2,5-7,10-13,17-22,40H2,1,3-4H3. The molecule has 12 heteroatoms. The van der Waals surface area contributed by atoms with Crippen molar-refractivity contribution in [1.82, 2.24) is 29.5 Å². The van der Waals surface area contributed by atoms with Gasteiger partial charge in [0, 0.05) is 51.4 Å². The van der Waals surface area contributed by atoms with Crippen LogP contribution in [0.25, 0.3) is 10.8 Å². The minimum Gasteiger partial charge on any atom is -0.461 e. The highest BCUT2D eigenvalue weighted by Gasteiger charge is 2.46. The molecular weight excluding hydrogens is 635 g/mol. The van der Waals surface area contributed by atoms with Gasteiger partial charge in [0.15, 0.2) is 5.69 Å². The number of ether oxygens (including phenoxy) is 2. The number of amides is 1. The van der Waals surface area contributed by atoms with Crippen molar-refractivity contribution in [2.24, 2.45) is 0 Å². The Hall–Kier alpha value is -4.55. The Kier molecular flexibility index (Phi) is 8.26. The molecule has 0 aliphatic carbocycles. The van der Waals surface area contributed by atoms with Crippen LogP contribution in [0.2, 0.25) is 0 Å². The first-order valence-corrected chi connectivity index (χ1v) is 17.7. The van der Waals surface area contributed by atoms with E-state index in [-0.39, 0.29) is 30.0 Å².